The number of halogens is 1. The number of benzene rings is 2. The Bertz CT molecular complexity index is 686. The monoisotopic (exact) mass is 317 g/mol. The van der Waals surface area contributed by atoms with Gasteiger partial charge in [0.25, 0.3) is 5.91 Å². The van der Waals surface area contributed by atoms with Gasteiger partial charge in [-0.3, -0.25) is 9.59 Å². The van der Waals surface area contributed by atoms with Crippen molar-refractivity contribution in [3.05, 3.63) is 64.7 Å². The second kappa shape index (κ2) is 7.09. The van der Waals surface area contributed by atoms with E-state index in [-0.39, 0.29) is 11.7 Å². The molecule has 0 spiro atoms. The zero-order chi connectivity index (χ0) is 16.1. The summed E-state index contributed by atoms with van der Waals surface area (Å²) in [6, 6.07) is 13.6. The summed E-state index contributed by atoms with van der Waals surface area (Å²) in [6.45, 7) is 1.62. The quantitative estimate of drug-likeness (QED) is 0.862. The molecular weight excluding hydrogens is 302 g/mol. The number of hydrogen-bond acceptors (Lipinski definition) is 3. The van der Waals surface area contributed by atoms with Gasteiger partial charge in [-0.1, -0.05) is 41.9 Å². The molecule has 0 bridgehead atoms. The van der Waals surface area contributed by atoms with Gasteiger partial charge >= 0.3 is 0 Å². The summed E-state index contributed by atoms with van der Waals surface area (Å²) < 4.78 is 5.60. The normalized spacial score (nSPS) is 11.6. The standard InChI is InChI=1S/C17H16ClNO3/c1-11(17(21)19-2)22-15-9-8-13(18)10-14(15)16(20)12-6-4-3-5-7-12/h3-11H,1-2H3,(H,19,21)/t11-/m0/s1. The minimum atomic E-state index is -0.714. The molecule has 1 atom stereocenters. The first-order valence-electron chi connectivity index (χ1n) is 6.80. The van der Waals surface area contributed by atoms with Gasteiger partial charge in [-0.15, -0.1) is 0 Å². The average molecular weight is 318 g/mol. The van der Waals surface area contributed by atoms with Crippen molar-refractivity contribution in [3.8, 4) is 5.75 Å². The van der Waals surface area contributed by atoms with Gasteiger partial charge in [0.1, 0.15) is 5.75 Å². The van der Waals surface area contributed by atoms with Crippen LogP contribution >= 0.6 is 11.6 Å². The van der Waals surface area contributed by atoms with Crippen LogP contribution < -0.4 is 10.1 Å². The van der Waals surface area contributed by atoms with Crippen LogP contribution in [0.1, 0.15) is 22.8 Å². The molecule has 4 nitrogen and oxygen atoms in total. The number of ketones is 1. The van der Waals surface area contributed by atoms with Crippen LogP contribution in [0.15, 0.2) is 48.5 Å². The van der Waals surface area contributed by atoms with E-state index in [1.807, 2.05) is 6.07 Å². The van der Waals surface area contributed by atoms with E-state index in [2.05, 4.69) is 5.32 Å². The van der Waals surface area contributed by atoms with Gasteiger partial charge in [0, 0.05) is 17.6 Å². The molecule has 2 aromatic rings. The Morgan fingerprint density at radius 3 is 2.45 bits per heavy atom. The van der Waals surface area contributed by atoms with Gasteiger partial charge in [-0.2, -0.15) is 0 Å². The molecule has 1 N–H and O–H groups in total. The second-order valence-corrected chi connectivity index (χ2v) is 5.15. The number of nitrogens with one attached hydrogen (secondary N) is 1. The highest BCUT2D eigenvalue weighted by Crippen LogP contribution is 2.26. The smallest absolute Gasteiger partial charge is 0.260 e. The third-order valence-corrected chi connectivity index (χ3v) is 3.38. The molecule has 0 aliphatic rings. The topological polar surface area (TPSA) is 55.4 Å². The molecule has 2 aromatic carbocycles. The molecule has 0 radical (unpaired) electrons. The van der Waals surface area contributed by atoms with Crippen molar-refractivity contribution in [2.75, 3.05) is 7.05 Å². The summed E-state index contributed by atoms with van der Waals surface area (Å²) in [6.07, 6.45) is -0.714. The number of amides is 1. The number of carbonyl (C=O) groups excluding carboxylic acids is 2. The molecule has 5 heteroatoms. The highest BCUT2D eigenvalue weighted by Gasteiger charge is 2.19. The van der Waals surface area contributed by atoms with E-state index in [0.717, 1.165) is 0 Å². The fourth-order valence-corrected chi connectivity index (χ4v) is 2.15. The molecule has 0 aliphatic heterocycles. The summed E-state index contributed by atoms with van der Waals surface area (Å²) in [5, 5.41) is 2.93. The van der Waals surface area contributed by atoms with Crippen molar-refractivity contribution in [1.29, 1.82) is 0 Å². The highest BCUT2D eigenvalue weighted by atomic mass is 35.5. The number of carbonyl (C=O) groups is 2. The second-order valence-electron chi connectivity index (χ2n) is 4.71. The summed E-state index contributed by atoms with van der Waals surface area (Å²) in [7, 11) is 1.53. The van der Waals surface area contributed by atoms with Crippen molar-refractivity contribution in [2.24, 2.45) is 0 Å². The Morgan fingerprint density at radius 1 is 1.14 bits per heavy atom. The Balaban J connectivity index is 2.36. The Morgan fingerprint density at radius 2 is 1.82 bits per heavy atom. The lowest BCUT2D eigenvalue weighted by atomic mass is 10.0. The number of hydrogen-bond donors (Lipinski definition) is 1. The number of ether oxygens (including phenoxy) is 1. The maximum Gasteiger partial charge on any atom is 0.260 e. The molecule has 0 saturated carbocycles. The largest absolute Gasteiger partial charge is 0.480 e. The van der Waals surface area contributed by atoms with Crippen molar-refractivity contribution in [3.63, 3.8) is 0 Å². The molecule has 0 unspecified atom stereocenters. The number of likely N-dealkylation sites (N-methyl/N-ethyl adjacent to an activating group) is 1. The molecular formula is C17H16ClNO3. The van der Waals surface area contributed by atoms with Crippen LogP contribution in [0.5, 0.6) is 5.75 Å². The van der Waals surface area contributed by atoms with Crippen LogP contribution in [0.25, 0.3) is 0 Å². The van der Waals surface area contributed by atoms with Gasteiger partial charge in [-0.05, 0) is 25.1 Å². The molecule has 0 heterocycles. The summed E-state index contributed by atoms with van der Waals surface area (Å²) >= 11 is 5.99. The van der Waals surface area contributed by atoms with Gasteiger partial charge in [-0.25, -0.2) is 0 Å². The first-order chi connectivity index (χ1) is 10.5. The zero-order valence-corrected chi connectivity index (χ0v) is 13.1. The van der Waals surface area contributed by atoms with Crippen LogP contribution in [-0.4, -0.2) is 24.8 Å². The van der Waals surface area contributed by atoms with E-state index in [1.54, 1.807) is 49.4 Å². The molecule has 1 amide bonds. The van der Waals surface area contributed by atoms with Crippen molar-refractivity contribution in [2.45, 2.75) is 13.0 Å². The van der Waals surface area contributed by atoms with Crippen LogP contribution in [0.3, 0.4) is 0 Å². The highest BCUT2D eigenvalue weighted by molar-refractivity contribution is 6.31. The summed E-state index contributed by atoms with van der Waals surface area (Å²) in [4.78, 5) is 24.2. The zero-order valence-electron chi connectivity index (χ0n) is 12.3. The molecule has 2 rings (SSSR count). The van der Waals surface area contributed by atoms with E-state index in [0.29, 0.717) is 21.9 Å². The lowest BCUT2D eigenvalue weighted by Gasteiger charge is -2.16. The maximum atomic E-state index is 12.6. The first-order valence-corrected chi connectivity index (χ1v) is 7.18. The third-order valence-electron chi connectivity index (χ3n) is 3.14. The first kappa shape index (κ1) is 16.0. The van der Waals surface area contributed by atoms with E-state index in [9.17, 15) is 9.59 Å². The fourth-order valence-electron chi connectivity index (χ4n) is 1.97. The fraction of sp³-hybridized carbons (Fsp3) is 0.176. The molecule has 0 saturated heterocycles. The van der Waals surface area contributed by atoms with Crippen LogP contribution in [-0.2, 0) is 4.79 Å². The van der Waals surface area contributed by atoms with Gasteiger partial charge in [0.05, 0.1) is 5.56 Å². The molecule has 22 heavy (non-hydrogen) atoms. The molecule has 0 fully saturated rings. The molecule has 114 valence electrons. The number of rotatable bonds is 5. The summed E-state index contributed by atoms with van der Waals surface area (Å²) in [5.41, 5.74) is 0.858. The predicted octanol–water partition coefficient (Wildman–Crippen LogP) is 3.08. The Kier molecular flexibility index (Phi) is 5.17. The lowest BCUT2D eigenvalue weighted by molar-refractivity contribution is -0.126. The minimum absolute atomic E-state index is 0.206. The van der Waals surface area contributed by atoms with Gasteiger partial charge in [0.2, 0.25) is 0 Å². The third kappa shape index (κ3) is 3.65. The van der Waals surface area contributed by atoms with Gasteiger partial charge < -0.3 is 10.1 Å². The summed E-state index contributed by atoms with van der Waals surface area (Å²) in [5.74, 6) is -0.149. The van der Waals surface area contributed by atoms with Gasteiger partial charge in [0.15, 0.2) is 11.9 Å². The van der Waals surface area contributed by atoms with E-state index >= 15 is 0 Å². The average Bonchev–Trinajstić information content (AvgIpc) is 2.55. The van der Waals surface area contributed by atoms with Crippen LogP contribution in [0.4, 0.5) is 0 Å². The van der Waals surface area contributed by atoms with Crippen molar-refractivity contribution >= 4 is 23.3 Å². The van der Waals surface area contributed by atoms with E-state index in [1.165, 1.54) is 7.05 Å². The lowest BCUT2D eigenvalue weighted by Crippen LogP contribution is -2.34. The van der Waals surface area contributed by atoms with E-state index < -0.39 is 6.10 Å². The Labute approximate surface area is 134 Å². The van der Waals surface area contributed by atoms with Crippen LogP contribution in [0.2, 0.25) is 5.02 Å². The van der Waals surface area contributed by atoms with Crippen LogP contribution in [0, 0.1) is 0 Å². The van der Waals surface area contributed by atoms with Crippen molar-refractivity contribution in [1.82, 2.24) is 5.32 Å². The molecule has 0 aliphatic carbocycles. The minimum Gasteiger partial charge on any atom is -0.480 e. The maximum absolute atomic E-state index is 12.6. The van der Waals surface area contributed by atoms with Crippen molar-refractivity contribution < 1.29 is 14.3 Å². The SMILES string of the molecule is CNC(=O)[C@H](C)Oc1ccc(Cl)cc1C(=O)c1ccccc1. The predicted molar refractivity (Wildman–Crippen MR) is 85.5 cm³/mol. The molecule has 0 aromatic heterocycles. The van der Waals surface area contributed by atoms with E-state index in [4.69, 9.17) is 16.3 Å². The Hall–Kier alpha value is -2.33.